The summed E-state index contributed by atoms with van der Waals surface area (Å²) < 4.78 is 0. The number of halogens is 2. The number of aryl methyl sites for hydroxylation is 1. The Hall–Kier alpha value is -0.330. The van der Waals surface area contributed by atoms with Crippen LogP contribution in [0.15, 0.2) is 24.3 Å². The highest BCUT2D eigenvalue weighted by Crippen LogP contribution is 2.39. The minimum absolute atomic E-state index is 0.280. The molecule has 0 amide bonds. The van der Waals surface area contributed by atoms with Crippen molar-refractivity contribution in [2.45, 2.75) is 37.4 Å². The van der Waals surface area contributed by atoms with Crippen LogP contribution in [-0.2, 0) is 5.41 Å². The molecule has 1 nitrogen and oxygen atoms in total. The molecule has 0 saturated carbocycles. The van der Waals surface area contributed by atoms with Gasteiger partial charge in [0.1, 0.15) is 0 Å². The number of rotatable bonds is 5. The maximum Gasteiger partial charge on any atom is 0.0858 e. The van der Waals surface area contributed by atoms with Crippen LogP contribution in [-0.4, -0.2) is 10.2 Å². The predicted molar refractivity (Wildman–Crippen MR) is 84.4 cm³/mol. The van der Waals surface area contributed by atoms with Gasteiger partial charge in [-0.15, -0.1) is 0 Å². The minimum Gasteiger partial charge on any atom is -0.197 e. The Morgan fingerprint density at radius 1 is 1.33 bits per heavy atom. The Kier molecular flexibility index (Phi) is 5.88. The van der Waals surface area contributed by atoms with Gasteiger partial charge >= 0.3 is 0 Å². The first kappa shape index (κ1) is 15.7. The summed E-state index contributed by atoms with van der Waals surface area (Å²) in [6.07, 6.45) is 0.817. The summed E-state index contributed by atoms with van der Waals surface area (Å²) in [4.78, 5) is 0.305. The molecular weight excluding hydrogens is 354 g/mol. The van der Waals surface area contributed by atoms with Crippen LogP contribution in [0.1, 0.15) is 31.4 Å². The van der Waals surface area contributed by atoms with Crippen molar-refractivity contribution in [2.24, 2.45) is 5.92 Å². The zero-order valence-electron chi connectivity index (χ0n) is 11.1. The minimum atomic E-state index is -0.423. The van der Waals surface area contributed by atoms with Crippen LogP contribution in [0.3, 0.4) is 0 Å². The van der Waals surface area contributed by atoms with Gasteiger partial charge in [0.25, 0.3) is 0 Å². The van der Waals surface area contributed by atoms with E-state index in [1.54, 1.807) is 0 Å². The molecule has 3 heteroatoms. The third-order valence-electron chi connectivity index (χ3n) is 3.52. The number of hydrogen-bond donors (Lipinski definition) is 0. The Morgan fingerprint density at radius 3 is 2.39 bits per heavy atom. The lowest BCUT2D eigenvalue weighted by Crippen LogP contribution is -2.34. The van der Waals surface area contributed by atoms with Crippen LogP contribution in [0.2, 0.25) is 0 Å². The van der Waals surface area contributed by atoms with Gasteiger partial charge in [-0.2, -0.15) is 5.26 Å². The van der Waals surface area contributed by atoms with Gasteiger partial charge in [-0.1, -0.05) is 70.0 Å². The average Bonchev–Trinajstić information content (AvgIpc) is 2.36. The number of hydrogen-bond acceptors (Lipinski definition) is 1. The zero-order valence-corrected chi connectivity index (χ0v) is 14.3. The molecule has 0 radical (unpaired) electrons. The van der Waals surface area contributed by atoms with Gasteiger partial charge in [-0.25, -0.2) is 0 Å². The van der Waals surface area contributed by atoms with Crippen LogP contribution in [0, 0.1) is 24.2 Å². The first-order valence-electron chi connectivity index (χ1n) is 6.15. The summed E-state index contributed by atoms with van der Waals surface area (Å²) in [7, 11) is 0. The maximum atomic E-state index is 9.78. The van der Waals surface area contributed by atoms with Crippen molar-refractivity contribution >= 4 is 31.9 Å². The van der Waals surface area contributed by atoms with Crippen LogP contribution >= 0.6 is 31.9 Å². The van der Waals surface area contributed by atoms with Gasteiger partial charge in [0.05, 0.1) is 11.5 Å². The molecule has 2 atom stereocenters. The van der Waals surface area contributed by atoms with Crippen molar-refractivity contribution in [1.29, 1.82) is 5.26 Å². The van der Waals surface area contributed by atoms with Crippen molar-refractivity contribution in [3.8, 4) is 6.07 Å². The summed E-state index contributed by atoms with van der Waals surface area (Å²) in [5.74, 6) is 0.280. The first-order valence-corrected chi connectivity index (χ1v) is 8.19. The molecule has 0 saturated heterocycles. The van der Waals surface area contributed by atoms with Crippen molar-refractivity contribution < 1.29 is 0 Å². The van der Waals surface area contributed by atoms with Gasteiger partial charge in [0.15, 0.2) is 0 Å². The monoisotopic (exact) mass is 371 g/mol. The second kappa shape index (κ2) is 6.73. The van der Waals surface area contributed by atoms with Gasteiger partial charge < -0.3 is 0 Å². The third-order valence-corrected chi connectivity index (χ3v) is 5.82. The quantitative estimate of drug-likeness (QED) is 0.670. The SMILES string of the molecule is Cc1ccccc1C(C#N)(CC(Br)CBr)C(C)C. The summed E-state index contributed by atoms with van der Waals surface area (Å²) >= 11 is 7.13. The molecule has 0 heterocycles. The topological polar surface area (TPSA) is 23.8 Å². The second-order valence-electron chi connectivity index (χ2n) is 5.01. The summed E-state index contributed by atoms with van der Waals surface area (Å²) in [6, 6.07) is 10.8. The van der Waals surface area contributed by atoms with E-state index < -0.39 is 5.41 Å². The normalized spacial score (nSPS) is 16.1. The average molecular weight is 373 g/mol. The number of alkyl halides is 2. The van der Waals surface area contributed by atoms with E-state index in [1.807, 2.05) is 12.1 Å². The van der Waals surface area contributed by atoms with Gasteiger partial charge in [0, 0.05) is 10.2 Å². The summed E-state index contributed by atoms with van der Waals surface area (Å²) in [5.41, 5.74) is 1.93. The van der Waals surface area contributed by atoms with Gasteiger partial charge in [-0.3, -0.25) is 0 Å². The van der Waals surface area contributed by atoms with E-state index in [0.717, 1.165) is 17.3 Å². The largest absolute Gasteiger partial charge is 0.197 e. The van der Waals surface area contributed by atoms with Gasteiger partial charge in [0.2, 0.25) is 0 Å². The molecule has 0 N–H and O–H groups in total. The van der Waals surface area contributed by atoms with Crippen molar-refractivity contribution in [3.63, 3.8) is 0 Å². The molecule has 0 spiro atoms. The van der Waals surface area contributed by atoms with Crippen LogP contribution in [0.5, 0.6) is 0 Å². The van der Waals surface area contributed by atoms with E-state index in [2.05, 4.69) is 70.8 Å². The molecule has 18 heavy (non-hydrogen) atoms. The van der Waals surface area contributed by atoms with E-state index in [0.29, 0.717) is 4.83 Å². The van der Waals surface area contributed by atoms with Crippen molar-refractivity contribution in [2.75, 3.05) is 5.33 Å². The fourth-order valence-electron chi connectivity index (χ4n) is 2.37. The molecule has 0 aliphatic carbocycles. The molecule has 0 bridgehead atoms. The number of nitrogens with zero attached hydrogens (tertiary/aromatic N) is 1. The van der Waals surface area contributed by atoms with E-state index in [9.17, 15) is 5.26 Å². The number of nitriles is 1. The Bertz CT molecular complexity index is 436. The number of benzene rings is 1. The second-order valence-corrected chi connectivity index (χ2v) is 6.95. The van der Waals surface area contributed by atoms with Crippen LogP contribution < -0.4 is 0 Å². The zero-order chi connectivity index (χ0) is 13.8. The highest BCUT2D eigenvalue weighted by atomic mass is 79.9. The van der Waals surface area contributed by atoms with E-state index in [-0.39, 0.29) is 5.92 Å². The molecular formula is C15H19Br2N. The standard InChI is InChI=1S/C15H19Br2N/c1-11(2)15(10-18,8-13(17)9-16)14-7-5-4-6-12(14)3/h4-7,11,13H,8-9H2,1-3H3. The lowest BCUT2D eigenvalue weighted by Gasteiger charge is -2.34. The summed E-state index contributed by atoms with van der Waals surface area (Å²) in [6.45, 7) is 6.34. The fourth-order valence-corrected chi connectivity index (χ4v) is 3.11. The maximum absolute atomic E-state index is 9.78. The molecule has 0 aromatic heterocycles. The fraction of sp³-hybridized carbons (Fsp3) is 0.533. The van der Waals surface area contributed by atoms with E-state index >= 15 is 0 Å². The molecule has 1 aromatic rings. The Labute approximate surface area is 127 Å². The van der Waals surface area contributed by atoms with E-state index in [4.69, 9.17) is 0 Å². The van der Waals surface area contributed by atoms with Gasteiger partial charge in [-0.05, 0) is 30.4 Å². The highest BCUT2D eigenvalue weighted by Gasteiger charge is 2.38. The molecule has 0 aliphatic rings. The van der Waals surface area contributed by atoms with Crippen molar-refractivity contribution in [1.82, 2.24) is 0 Å². The lowest BCUT2D eigenvalue weighted by molar-refractivity contribution is 0.370. The Morgan fingerprint density at radius 2 is 1.94 bits per heavy atom. The smallest absolute Gasteiger partial charge is 0.0858 e. The van der Waals surface area contributed by atoms with Crippen LogP contribution in [0.25, 0.3) is 0 Å². The van der Waals surface area contributed by atoms with Crippen molar-refractivity contribution in [3.05, 3.63) is 35.4 Å². The Balaban J connectivity index is 3.29. The molecule has 1 rings (SSSR count). The first-order chi connectivity index (χ1) is 8.47. The summed E-state index contributed by atoms with van der Waals surface area (Å²) in [5, 5.41) is 10.6. The predicted octanol–water partition coefficient (Wildman–Crippen LogP) is 4.96. The molecule has 98 valence electrons. The molecule has 2 unspecified atom stereocenters. The third kappa shape index (κ3) is 3.16. The molecule has 0 aliphatic heterocycles. The lowest BCUT2D eigenvalue weighted by atomic mass is 9.68. The van der Waals surface area contributed by atoms with E-state index in [1.165, 1.54) is 5.56 Å². The molecule has 0 fully saturated rings. The molecule has 1 aromatic carbocycles. The van der Waals surface area contributed by atoms with Crippen LogP contribution in [0.4, 0.5) is 0 Å². The highest BCUT2D eigenvalue weighted by molar-refractivity contribution is 9.12.